The van der Waals surface area contributed by atoms with Crippen molar-refractivity contribution in [1.29, 1.82) is 0 Å². The molecule has 2 heterocycles. The topological polar surface area (TPSA) is 84.7 Å². The summed E-state index contributed by atoms with van der Waals surface area (Å²) in [4.78, 5) is 6.95. The van der Waals surface area contributed by atoms with E-state index in [1.54, 1.807) is 18.2 Å². The second-order valence-corrected chi connectivity index (χ2v) is 9.37. The molecule has 0 spiro atoms. The van der Waals surface area contributed by atoms with Crippen LogP contribution in [-0.4, -0.2) is 39.6 Å². The Morgan fingerprint density at radius 2 is 1.97 bits per heavy atom. The summed E-state index contributed by atoms with van der Waals surface area (Å²) in [5.74, 6) is 0.993. The Balaban J connectivity index is 1.33. The van der Waals surface area contributed by atoms with E-state index in [2.05, 4.69) is 14.6 Å². The molecule has 1 aliphatic rings. The van der Waals surface area contributed by atoms with Gasteiger partial charge in [-0.05, 0) is 68.5 Å². The maximum absolute atomic E-state index is 12.7. The fourth-order valence-electron chi connectivity index (χ4n) is 3.74. The molecule has 4 rings (SSSR count). The number of benzene rings is 2. The van der Waals surface area contributed by atoms with Crippen molar-refractivity contribution in [3.8, 4) is 5.75 Å². The molecule has 3 aromatic rings. The second kappa shape index (κ2) is 8.65. The van der Waals surface area contributed by atoms with Gasteiger partial charge in [-0.25, -0.2) is 13.1 Å². The first-order chi connectivity index (χ1) is 14.5. The van der Waals surface area contributed by atoms with Gasteiger partial charge in [0.25, 0.3) is 6.01 Å². The van der Waals surface area contributed by atoms with E-state index in [1.807, 2.05) is 38.1 Å². The minimum Gasteiger partial charge on any atom is -0.494 e. The summed E-state index contributed by atoms with van der Waals surface area (Å²) in [7, 11) is -3.55. The number of rotatable bonds is 7. The van der Waals surface area contributed by atoms with Crippen LogP contribution in [0.2, 0.25) is 0 Å². The summed E-state index contributed by atoms with van der Waals surface area (Å²) >= 11 is 0. The Labute approximate surface area is 177 Å². The summed E-state index contributed by atoms with van der Waals surface area (Å²) < 4.78 is 39.5. The summed E-state index contributed by atoms with van der Waals surface area (Å²) in [6, 6.07) is 13.3. The molecule has 0 saturated carbocycles. The molecule has 160 valence electrons. The molecule has 0 atom stereocenters. The van der Waals surface area contributed by atoms with Crippen LogP contribution in [-0.2, 0) is 10.0 Å². The highest BCUT2D eigenvalue weighted by Gasteiger charge is 2.24. The Hall–Kier alpha value is -2.58. The molecule has 0 unspecified atom stereocenters. The molecule has 7 nitrogen and oxygen atoms in total. The molecule has 0 bridgehead atoms. The number of fused-ring (bicyclic) bond motifs is 1. The molecule has 0 radical (unpaired) electrons. The van der Waals surface area contributed by atoms with Crippen molar-refractivity contribution in [3.05, 3.63) is 48.0 Å². The van der Waals surface area contributed by atoms with Crippen molar-refractivity contribution in [1.82, 2.24) is 9.71 Å². The van der Waals surface area contributed by atoms with Crippen LogP contribution >= 0.6 is 0 Å². The first-order valence-electron chi connectivity index (χ1n) is 10.3. The second-order valence-electron chi connectivity index (χ2n) is 7.61. The van der Waals surface area contributed by atoms with Gasteiger partial charge in [-0.2, -0.15) is 4.98 Å². The van der Waals surface area contributed by atoms with E-state index < -0.39 is 10.0 Å². The summed E-state index contributed by atoms with van der Waals surface area (Å²) in [5, 5.41) is 0. The SMILES string of the molecule is CCOc1ccc(S(=O)(=O)NCC2CCN(c3nc4ccccc4o3)CC2)cc1C. The van der Waals surface area contributed by atoms with Gasteiger partial charge in [0.05, 0.1) is 11.5 Å². The van der Waals surface area contributed by atoms with Crippen LogP contribution in [0.3, 0.4) is 0 Å². The van der Waals surface area contributed by atoms with Crippen LogP contribution in [0, 0.1) is 12.8 Å². The van der Waals surface area contributed by atoms with Crippen LogP contribution < -0.4 is 14.4 Å². The van der Waals surface area contributed by atoms with Crippen LogP contribution in [0.5, 0.6) is 5.75 Å². The quantitative estimate of drug-likeness (QED) is 0.616. The van der Waals surface area contributed by atoms with Crippen molar-refractivity contribution in [3.63, 3.8) is 0 Å². The Morgan fingerprint density at radius 3 is 2.67 bits per heavy atom. The third-order valence-electron chi connectivity index (χ3n) is 5.49. The number of nitrogens with zero attached hydrogens (tertiary/aromatic N) is 2. The molecular weight excluding hydrogens is 402 g/mol. The fourth-order valence-corrected chi connectivity index (χ4v) is 4.94. The number of hydrogen-bond acceptors (Lipinski definition) is 6. The lowest BCUT2D eigenvalue weighted by atomic mass is 9.97. The predicted molar refractivity (Wildman–Crippen MR) is 116 cm³/mol. The van der Waals surface area contributed by atoms with Crippen molar-refractivity contribution < 1.29 is 17.6 Å². The third-order valence-corrected chi connectivity index (χ3v) is 6.91. The van der Waals surface area contributed by atoms with Gasteiger partial charge < -0.3 is 14.1 Å². The van der Waals surface area contributed by atoms with Crippen molar-refractivity contribution in [2.75, 3.05) is 31.1 Å². The molecule has 2 aromatic carbocycles. The van der Waals surface area contributed by atoms with Crippen molar-refractivity contribution in [2.45, 2.75) is 31.6 Å². The number of hydrogen-bond donors (Lipinski definition) is 1. The molecule has 0 amide bonds. The minimum atomic E-state index is -3.55. The van der Waals surface area contributed by atoms with E-state index in [0.29, 0.717) is 24.9 Å². The van der Waals surface area contributed by atoms with Crippen LogP contribution in [0.4, 0.5) is 6.01 Å². The molecule has 30 heavy (non-hydrogen) atoms. The number of oxazole rings is 1. The molecule has 1 aliphatic heterocycles. The van der Waals surface area contributed by atoms with E-state index in [0.717, 1.165) is 42.6 Å². The van der Waals surface area contributed by atoms with E-state index in [4.69, 9.17) is 9.15 Å². The number of anilines is 1. The number of sulfonamides is 1. The normalized spacial score (nSPS) is 15.6. The number of aromatic nitrogens is 1. The number of nitrogens with one attached hydrogen (secondary N) is 1. The van der Waals surface area contributed by atoms with Crippen molar-refractivity contribution >= 4 is 27.1 Å². The van der Waals surface area contributed by atoms with Gasteiger partial charge in [0.1, 0.15) is 11.3 Å². The Morgan fingerprint density at radius 1 is 1.20 bits per heavy atom. The van der Waals surface area contributed by atoms with Gasteiger partial charge in [0, 0.05) is 19.6 Å². The zero-order valence-corrected chi connectivity index (χ0v) is 18.1. The average Bonchev–Trinajstić information content (AvgIpc) is 3.18. The van der Waals surface area contributed by atoms with Gasteiger partial charge in [0.15, 0.2) is 5.58 Å². The average molecular weight is 430 g/mol. The molecular formula is C22H27N3O4S. The van der Waals surface area contributed by atoms with Crippen LogP contribution in [0.15, 0.2) is 51.8 Å². The van der Waals surface area contributed by atoms with E-state index in [1.165, 1.54) is 0 Å². The smallest absolute Gasteiger partial charge is 0.298 e. The molecule has 1 fully saturated rings. The molecule has 0 aliphatic carbocycles. The summed E-state index contributed by atoms with van der Waals surface area (Å²) in [6.45, 7) is 6.32. The molecule has 1 N–H and O–H groups in total. The van der Waals surface area contributed by atoms with Gasteiger partial charge in [-0.1, -0.05) is 12.1 Å². The fraction of sp³-hybridized carbons (Fsp3) is 0.409. The third kappa shape index (κ3) is 4.44. The van der Waals surface area contributed by atoms with E-state index >= 15 is 0 Å². The number of piperidine rings is 1. The van der Waals surface area contributed by atoms with Crippen LogP contribution in [0.25, 0.3) is 11.1 Å². The largest absolute Gasteiger partial charge is 0.494 e. The maximum Gasteiger partial charge on any atom is 0.298 e. The van der Waals surface area contributed by atoms with Crippen LogP contribution in [0.1, 0.15) is 25.3 Å². The first kappa shape index (κ1) is 20.7. The van der Waals surface area contributed by atoms with Gasteiger partial charge in [-0.15, -0.1) is 0 Å². The zero-order valence-electron chi connectivity index (χ0n) is 17.3. The molecule has 1 saturated heterocycles. The van der Waals surface area contributed by atoms with Gasteiger partial charge in [0.2, 0.25) is 10.0 Å². The standard InChI is InChI=1S/C22H27N3O4S/c1-3-28-20-9-8-18(14-16(20)2)30(26,27)23-15-17-10-12-25(13-11-17)22-24-19-6-4-5-7-21(19)29-22/h4-9,14,17,23H,3,10-13,15H2,1-2H3. The van der Waals surface area contributed by atoms with Gasteiger partial charge >= 0.3 is 0 Å². The lowest BCUT2D eigenvalue weighted by molar-refractivity contribution is 0.337. The zero-order chi connectivity index (χ0) is 21.1. The van der Waals surface area contributed by atoms with E-state index in [-0.39, 0.29) is 10.8 Å². The Bertz CT molecular complexity index is 1090. The summed E-state index contributed by atoms with van der Waals surface area (Å²) in [6.07, 6.45) is 1.76. The highest BCUT2D eigenvalue weighted by molar-refractivity contribution is 7.89. The monoisotopic (exact) mass is 429 g/mol. The predicted octanol–water partition coefficient (Wildman–Crippen LogP) is 3.73. The first-order valence-corrected chi connectivity index (χ1v) is 11.8. The number of para-hydroxylation sites is 2. The van der Waals surface area contributed by atoms with Gasteiger partial charge in [-0.3, -0.25) is 0 Å². The summed E-state index contributed by atoms with van der Waals surface area (Å²) in [5.41, 5.74) is 2.45. The highest BCUT2D eigenvalue weighted by Crippen LogP contribution is 2.27. The Kier molecular flexibility index (Phi) is 5.97. The van der Waals surface area contributed by atoms with E-state index in [9.17, 15) is 8.42 Å². The molecule has 8 heteroatoms. The maximum atomic E-state index is 12.7. The lowest BCUT2D eigenvalue weighted by Crippen LogP contribution is -2.38. The van der Waals surface area contributed by atoms with Crippen molar-refractivity contribution in [2.24, 2.45) is 5.92 Å². The minimum absolute atomic E-state index is 0.271. The number of ether oxygens (including phenoxy) is 1. The molecule has 1 aromatic heterocycles. The lowest BCUT2D eigenvalue weighted by Gasteiger charge is -2.30. The number of aryl methyl sites for hydroxylation is 1. The highest BCUT2D eigenvalue weighted by atomic mass is 32.2.